The zero-order chi connectivity index (χ0) is 110. The van der Waals surface area contributed by atoms with Crippen LogP contribution in [0.5, 0.6) is 0 Å². The van der Waals surface area contributed by atoms with Gasteiger partial charge in [0, 0.05) is 124 Å². The number of benzene rings is 5. The molecule has 806 valence electrons. The second-order valence-electron chi connectivity index (χ2n) is 39.7. The Bertz CT molecular complexity index is 6540. The third-order valence-electron chi connectivity index (χ3n) is 27.5. The molecular weight excluding hydrogens is 1970 g/mol. The van der Waals surface area contributed by atoms with Gasteiger partial charge in [0.2, 0.25) is 0 Å². The van der Waals surface area contributed by atoms with Gasteiger partial charge in [0.1, 0.15) is 46.2 Å². The first kappa shape index (κ1) is 117. The van der Waals surface area contributed by atoms with Crippen LogP contribution in [0.4, 0.5) is 94.3 Å². The molecular formula is C108H128F15N15O11. The first-order valence-electron chi connectivity index (χ1n) is 49.0. The van der Waals surface area contributed by atoms with E-state index in [2.05, 4.69) is 60.1 Å². The molecule has 4 fully saturated rings. The highest BCUT2D eigenvalue weighted by Gasteiger charge is 2.52. The van der Waals surface area contributed by atoms with Crippen molar-refractivity contribution in [3.63, 3.8) is 0 Å². The Labute approximate surface area is 854 Å². The van der Waals surface area contributed by atoms with Crippen LogP contribution in [-0.2, 0) is 88.8 Å². The fraction of sp³-hybridized carbons (Fsp3) is 0.444. The van der Waals surface area contributed by atoms with Gasteiger partial charge in [-0.05, 0) is 305 Å². The summed E-state index contributed by atoms with van der Waals surface area (Å²) in [6, 6.07) is 23.1. The topological polar surface area (TPSA) is 336 Å². The summed E-state index contributed by atoms with van der Waals surface area (Å²) in [6.07, 6.45) is 18.1. The lowest BCUT2D eigenvalue weighted by atomic mass is 9.86. The maximum atomic E-state index is 15.1. The second kappa shape index (κ2) is 49.0. The van der Waals surface area contributed by atoms with E-state index in [0.717, 1.165) is 86.3 Å². The highest BCUT2D eigenvalue weighted by Crippen LogP contribution is 2.41. The number of anilines is 5. The van der Waals surface area contributed by atoms with Gasteiger partial charge in [-0.15, -0.1) is 0 Å². The van der Waals surface area contributed by atoms with E-state index in [1.54, 1.807) is 41.5 Å². The fourth-order valence-electron chi connectivity index (χ4n) is 18.0. The number of nitrogens with zero attached hydrogens (tertiary/aromatic N) is 5. The van der Waals surface area contributed by atoms with Crippen molar-refractivity contribution in [2.75, 3.05) is 26.6 Å². The fourth-order valence-corrected chi connectivity index (χ4v) is 18.0. The van der Waals surface area contributed by atoms with Gasteiger partial charge in [-0.3, -0.25) is 47.9 Å². The number of nitrogens with one attached hydrogen (secondary N) is 10. The highest BCUT2D eigenvalue weighted by molar-refractivity contribution is 6.09. The number of alkyl halides is 10. The van der Waals surface area contributed by atoms with E-state index in [0.29, 0.717) is 109 Å². The van der Waals surface area contributed by atoms with Crippen molar-refractivity contribution in [2.24, 2.45) is 53.0 Å². The normalized spacial score (nSPS) is 18.0. The first-order chi connectivity index (χ1) is 69.7. The average Bonchev–Trinajstić information content (AvgIpc) is 1.64. The van der Waals surface area contributed by atoms with Gasteiger partial charge in [-0.1, -0.05) is 53.4 Å². The molecule has 0 bridgehead atoms. The van der Waals surface area contributed by atoms with E-state index in [1.165, 1.54) is 190 Å². The molecule has 41 heteroatoms. The number of hydrogen-bond acceptors (Lipinski definition) is 11. The standard InChI is InChI=1S/3C22H26F3N3O2.C21H24F3N3O3.C21H26F3N3O2/c1-13-4-6-16(7-5-13)27-21(30)22(24,25)19-11-15(12-28(19)3)20(29)26-17-8-9-18(23)14(2)10-17;1-13-6-4-5-7-18(13)27-21(30)22(24,25)19-11-15(12-28(19)3)20(29)26-16-8-9-17(23)14(2)10-16;1-13-6-4-5-7-18(13)27-21(30)22(24,25)19-16(10-11-28(19)3)20(29)26-15-8-9-17(23)14(2)12-15;1-12-11-14(5-8-17(12)22)25-19(29)16-9-10-27(2)18(16)21(23,24)20(30)26-13-3-6-15(28)7-4-13;1-7-20(4,5)26-19(29)21(23,24)17-13(3)15(11-27(17)6)18(28)25-14-8-9-16(22)12(2)10-14/h8-13,16H,4-7H2,1-3H3,(H,26,29)(H,27,30);2*8-13,18H,4-7H2,1-3H3,(H,26,29)(H,27,30);5,8-11,13,15,28H,3-4,6-7H2,1-2H3,(H,25,29)(H,26,30);8-11H,7H2,1-6H3,(H,25,28)(H,26,29)/t;2*13-,18-;;/m.11../s1. The molecule has 0 spiro atoms. The number of aliphatic hydroxyl groups excluding tert-OH is 1. The minimum Gasteiger partial charge on any atom is -0.393 e. The van der Waals surface area contributed by atoms with Crippen molar-refractivity contribution in [3.8, 4) is 0 Å². The van der Waals surface area contributed by atoms with Crippen molar-refractivity contribution in [1.29, 1.82) is 0 Å². The lowest BCUT2D eigenvalue weighted by Crippen LogP contribution is -2.49. The van der Waals surface area contributed by atoms with Crippen LogP contribution < -0.4 is 53.2 Å². The molecule has 0 unspecified atom stereocenters. The Morgan fingerprint density at radius 2 is 0.631 bits per heavy atom. The number of aromatic nitrogens is 5. The summed E-state index contributed by atoms with van der Waals surface area (Å²) in [5.41, 5.74) is -1.37. The minimum atomic E-state index is -3.94. The van der Waals surface area contributed by atoms with Crippen molar-refractivity contribution in [2.45, 2.75) is 258 Å². The number of carbonyl (C=O) groups excluding carboxylic acids is 10. The van der Waals surface area contributed by atoms with Gasteiger partial charge in [-0.2, -0.15) is 43.9 Å². The second-order valence-corrected chi connectivity index (χ2v) is 39.7. The zero-order valence-corrected chi connectivity index (χ0v) is 85.9. The summed E-state index contributed by atoms with van der Waals surface area (Å²) in [5, 5.41) is 34.3. The van der Waals surface area contributed by atoms with Crippen LogP contribution in [0, 0.1) is 88.4 Å². The Morgan fingerprint density at radius 3 is 0.960 bits per heavy atom. The minimum absolute atomic E-state index is 0.00158. The van der Waals surface area contributed by atoms with Crippen molar-refractivity contribution < 1.29 is 119 Å². The number of carbonyl (C=O) groups is 10. The first-order valence-corrected chi connectivity index (χ1v) is 49.0. The molecule has 10 aromatic rings. The molecule has 4 aliphatic carbocycles. The summed E-state index contributed by atoms with van der Waals surface area (Å²) in [4.78, 5) is 125. The molecule has 5 aromatic heterocycles. The average molecular weight is 2100 g/mol. The van der Waals surface area contributed by atoms with Gasteiger partial charge >= 0.3 is 29.6 Å². The molecule has 149 heavy (non-hydrogen) atoms. The number of rotatable bonds is 26. The number of aryl methyl sites for hydroxylation is 10. The van der Waals surface area contributed by atoms with Crippen molar-refractivity contribution >= 4 is 87.5 Å². The number of amides is 10. The van der Waals surface area contributed by atoms with Gasteiger partial charge in [-0.25, -0.2) is 22.0 Å². The Morgan fingerprint density at radius 1 is 0.336 bits per heavy atom. The molecule has 11 N–H and O–H groups in total. The van der Waals surface area contributed by atoms with E-state index >= 15 is 17.6 Å². The summed E-state index contributed by atoms with van der Waals surface area (Å²) in [6.45, 7) is 20.2. The predicted molar refractivity (Wildman–Crippen MR) is 534 cm³/mol. The van der Waals surface area contributed by atoms with Crippen molar-refractivity contribution in [3.05, 3.63) is 265 Å². The molecule has 5 heterocycles. The van der Waals surface area contributed by atoms with Crippen LogP contribution in [-0.4, -0.2) is 123 Å². The van der Waals surface area contributed by atoms with Crippen LogP contribution in [0.2, 0.25) is 0 Å². The van der Waals surface area contributed by atoms with Gasteiger partial charge < -0.3 is 81.1 Å². The zero-order valence-electron chi connectivity index (χ0n) is 85.9. The maximum absolute atomic E-state index is 15.1. The van der Waals surface area contributed by atoms with Crippen LogP contribution in [0.3, 0.4) is 0 Å². The highest BCUT2D eigenvalue weighted by atomic mass is 19.3. The van der Waals surface area contributed by atoms with Crippen LogP contribution >= 0.6 is 0 Å². The monoisotopic (exact) mass is 2100 g/mol. The van der Waals surface area contributed by atoms with Crippen LogP contribution in [0.25, 0.3) is 0 Å². The molecule has 10 amide bonds. The summed E-state index contributed by atoms with van der Waals surface area (Å²) >= 11 is 0. The smallest absolute Gasteiger partial charge is 0.364 e. The maximum Gasteiger partial charge on any atom is 0.364 e. The van der Waals surface area contributed by atoms with Gasteiger partial charge in [0.25, 0.3) is 59.1 Å². The molecule has 4 saturated carbocycles. The third-order valence-corrected chi connectivity index (χ3v) is 27.5. The third kappa shape index (κ3) is 29.2. The molecule has 14 rings (SSSR count). The van der Waals surface area contributed by atoms with E-state index in [-0.39, 0.29) is 74.7 Å². The number of aliphatic hydroxyl groups is 1. The predicted octanol–water partition coefficient (Wildman–Crippen LogP) is 21.2. The van der Waals surface area contributed by atoms with Gasteiger partial charge in [0.05, 0.1) is 45.3 Å². The molecule has 0 radical (unpaired) electrons. The number of hydrogen-bond donors (Lipinski definition) is 11. The molecule has 4 atom stereocenters. The Balaban J connectivity index is 0.000000190. The largest absolute Gasteiger partial charge is 0.393 e. The lowest BCUT2D eigenvalue weighted by molar-refractivity contribution is -0.150. The molecule has 26 nitrogen and oxygen atoms in total. The van der Waals surface area contributed by atoms with Crippen LogP contribution in [0.1, 0.15) is 264 Å². The lowest BCUT2D eigenvalue weighted by Gasteiger charge is -2.31. The van der Waals surface area contributed by atoms with E-state index in [4.69, 9.17) is 0 Å². The van der Waals surface area contributed by atoms with E-state index in [9.17, 15) is 101 Å². The van der Waals surface area contributed by atoms with E-state index < -0.39 is 164 Å². The summed E-state index contributed by atoms with van der Waals surface area (Å²) in [5.74, 6) is -31.1. The van der Waals surface area contributed by atoms with Gasteiger partial charge in [0.15, 0.2) is 0 Å². The number of halogens is 15. The molecule has 5 aromatic carbocycles. The molecule has 0 aliphatic heterocycles. The van der Waals surface area contributed by atoms with E-state index in [1.807, 2.05) is 13.8 Å². The SMILES string of the molecule is CCC(C)(C)NC(=O)C(F)(F)c1c(C)c(C(=O)Nc2ccc(F)c(C)c2)cn1C.Cc1cc(NC(=O)c2cc(C(F)(F)C(=O)NC3CCC(C)CC3)n(C)c2)ccc1F.Cc1cc(NC(=O)c2cc(C(F)(F)C(=O)N[C@@H]3CCCC[C@H]3C)n(C)c2)ccc1F.Cc1cc(NC(=O)c2ccn(C)c2C(F)(F)C(=O)NC2CCC(O)CC2)ccc1F.Cc1cc(NC(=O)c2ccn(C)c2C(F)(F)C(=O)N[C@@H]2CCCC[C@H]2C)ccc1F. The summed E-state index contributed by atoms with van der Waals surface area (Å²) < 4.78 is 222. The Kier molecular flexibility index (Phi) is 38.5. The van der Waals surface area contributed by atoms with Crippen LogP contribution in [0.15, 0.2) is 146 Å². The molecule has 4 aliphatic rings. The summed E-state index contributed by atoms with van der Waals surface area (Å²) in [7, 11) is 6.76. The quantitative estimate of drug-likeness (QED) is 0.0226. The van der Waals surface area contributed by atoms with Crippen molar-refractivity contribution in [1.82, 2.24) is 49.4 Å². The molecule has 0 saturated heterocycles. The Hall–Kier alpha value is -13.9.